The predicted octanol–water partition coefficient (Wildman–Crippen LogP) is 2.50. The molecule has 3 rings (SSSR count). The summed E-state index contributed by atoms with van der Waals surface area (Å²) in [5.41, 5.74) is -0.484. The third-order valence-electron chi connectivity index (χ3n) is 4.03. The maximum Gasteiger partial charge on any atom is 0.328 e. The molecule has 0 spiro atoms. The van der Waals surface area contributed by atoms with Gasteiger partial charge >= 0.3 is 11.9 Å². The average molecular weight is 479 g/mol. The molecule has 1 aromatic carbocycles. The highest BCUT2D eigenvalue weighted by Gasteiger charge is 2.28. The first-order valence-electron chi connectivity index (χ1n) is 9.19. The average Bonchev–Trinajstić information content (AvgIpc) is 3.11. The van der Waals surface area contributed by atoms with Gasteiger partial charge in [-0.25, -0.2) is 31.4 Å². The van der Waals surface area contributed by atoms with E-state index in [-0.39, 0.29) is 28.3 Å². The number of nitrogens with zero attached hydrogens (tertiary/aromatic N) is 2. The minimum atomic E-state index is -4.10. The highest BCUT2D eigenvalue weighted by molar-refractivity contribution is 7.90. The van der Waals surface area contributed by atoms with Gasteiger partial charge in [0.25, 0.3) is 10.0 Å². The molecule has 0 bridgehead atoms. The van der Waals surface area contributed by atoms with Crippen LogP contribution < -0.4 is 5.32 Å². The number of aliphatic carboxylic acids is 2. The number of halogens is 2. The van der Waals surface area contributed by atoms with Crippen molar-refractivity contribution in [3.63, 3.8) is 0 Å². The van der Waals surface area contributed by atoms with Crippen LogP contribution in [-0.2, 0) is 26.2 Å². The number of nitrogens with one attached hydrogen (secondary N) is 1. The standard InChI is InChI=1S/C17H15F2N3O2S.C4H4O4/c1-20-10-12-11-22(25(23,24)13-6-3-2-4-7-13)16(15(12)18)14-8-5-9-21-17(14)19;5-3(6)1-2-4(7)8/h2-9,11,20H,10H2,1H3;1-2H,(H,5,6)(H,7,8)/b;2-1+. The molecule has 0 saturated heterocycles. The second kappa shape index (κ2) is 11.1. The Labute approximate surface area is 187 Å². The van der Waals surface area contributed by atoms with Gasteiger partial charge in [0.1, 0.15) is 5.69 Å². The third-order valence-corrected chi connectivity index (χ3v) is 5.71. The molecule has 33 heavy (non-hydrogen) atoms. The van der Waals surface area contributed by atoms with Crippen LogP contribution in [0.15, 0.2) is 71.9 Å². The van der Waals surface area contributed by atoms with E-state index < -0.39 is 33.7 Å². The van der Waals surface area contributed by atoms with Crippen LogP contribution in [0, 0.1) is 11.8 Å². The van der Waals surface area contributed by atoms with Crippen LogP contribution in [0.2, 0.25) is 0 Å². The van der Waals surface area contributed by atoms with Crippen LogP contribution in [0.1, 0.15) is 5.56 Å². The van der Waals surface area contributed by atoms with Crippen molar-refractivity contribution in [3.8, 4) is 11.3 Å². The SMILES string of the molecule is CNCc1cn(S(=O)(=O)c2ccccc2)c(-c2cccnc2F)c1F.O=C(O)/C=C/C(=O)O. The Morgan fingerprint density at radius 1 is 1.06 bits per heavy atom. The lowest BCUT2D eigenvalue weighted by molar-refractivity contribution is -0.134. The molecule has 0 unspecified atom stereocenters. The molecule has 3 aromatic rings. The fraction of sp³-hybridized carbons (Fsp3) is 0.0952. The second-order valence-corrected chi connectivity index (χ2v) is 8.13. The molecular weight excluding hydrogens is 460 g/mol. The Morgan fingerprint density at radius 3 is 2.18 bits per heavy atom. The Kier molecular flexibility index (Phi) is 8.54. The predicted molar refractivity (Wildman–Crippen MR) is 114 cm³/mol. The molecule has 0 aliphatic rings. The van der Waals surface area contributed by atoms with Crippen LogP contribution in [0.5, 0.6) is 0 Å². The molecule has 0 aliphatic carbocycles. The van der Waals surface area contributed by atoms with Gasteiger partial charge < -0.3 is 15.5 Å². The van der Waals surface area contributed by atoms with Gasteiger partial charge in [0.15, 0.2) is 5.82 Å². The van der Waals surface area contributed by atoms with Gasteiger partial charge in [0.2, 0.25) is 5.95 Å². The molecule has 3 N–H and O–H groups in total. The zero-order valence-corrected chi connectivity index (χ0v) is 18.0. The summed E-state index contributed by atoms with van der Waals surface area (Å²) in [5, 5.41) is 18.4. The van der Waals surface area contributed by atoms with E-state index in [9.17, 15) is 26.8 Å². The highest BCUT2D eigenvalue weighted by atomic mass is 32.2. The summed E-state index contributed by atoms with van der Waals surface area (Å²) in [5.74, 6) is -4.26. The smallest absolute Gasteiger partial charge is 0.328 e. The first kappa shape index (κ1) is 25.4. The third kappa shape index (κ3) is 6.30. The summed E-state index contributed by atoms with van der Waals surface area (Å²) in [6, 6.07) is 10.3. The van der Waals surface area contributed by atoms with Gasteiger partial charge in [-0.15, -0.1) is 0 Å². The molecule has 12 heteroatoms. The second-order valence-electron chi connectivity index (χ2n) is 6.31. The summed E-state index contributed by atoms with van der Waals surface area (Å²) >= 11 is 0. The van der Waals surface area contributed by atoms with Crippen LogP contribution in [0.3, 0.4) is 0 Å². The monoisotopic (exact) mass is 479 g/mol. The molecule has 9 nitrogen and oxygen atoms in total. The first-order valence-corrected chi connectivity index (χ1v) is 10.6. The molecule has 0 atom stereocenters. The lowest BCUT2D eigenvalue weighted by Crippen LogP contribution is -2.14. The number of hydrogen-bond acceptors (Lipinski definition) is 6. The minimum Gasteiger partial charge on any atom is -0.478 e. The maximum atomic E-state index is 14.9. The Bertz CT molecular complexity index is 1260. The van der Waals surface area contributed by atoms with Gasteiger partial charge in [-0.1, -0.05) is 18.2 Å². The number of pyridine rings is 1. The van der Waals surface area contributed by atoms with Gasteiger partial charge in [-0.3, -0.25) is 0 Å². The number of benzene rings is 1. The minimum absolute atomic E-state index is 0.0217. The zero-order chi connectivity index (χ0) is 24.6. The van der Waals surface area contributed by atoms with Crippen molar-refractivity contribution >= 4 is 22.0 Å². The summed E-state index contributed by atoms with van der Waals surface area (Å²) in [6.45, 7) is 0.0953. The number of carbonyl (C=O) groups is 2. The number of carboxylic acids is 2. The Balaban J connectivity index is 0.000000414. The lowest BCUT2D eigenvalue weighted by Gasteiger charge is -2.11. The van der Waals surface area contributed by atoms with Gasteiger partial charge in [-0.2, -0.15) is 4.39 Å². The fourth-order valence-corrected chi connectivity index (χ4v) is 4.08. The van der Waals surface area contributed by atoms with E-state index in [1.807, 2.05) is 0 Å². The maximum absolute atomic E-state index is 14.9. The van der Waals surface area contributed by atoms with Crippen molar-refractivity contribution in [2.24, 2.45) is 0 Å². The van der Waals surface area contributed by atoms with E-state index in [0.717, 1.165) is 10.2 Å². The largest absolute Gasteiger partial charge is 0.478 e. The van der Waals surface area contributed by atoms with E-state index in [1.54, 1.807) is 25.2 Å². The van der Waals surface area contributed by atoms with Crippen LogP contribution in [-0.4, -0.2) is 46.6 Å². The van der Waals surface area contributed by atoms with Gasteiger partial charge in [-0.05, 0) is 31.3 Å². The van der Waals surface area contributed by atoms with E-state index in [0.29, 0.717) is 12.2 Å². The summed E-state index contributed by atoms with van der Waals surface area (Å²) in [7, 11) is -2.50. The summed E-state index contributed by atoms with van der Waals surface area (Å²) in [6.07, 6.45) is 3.49. The number of rotatable bonds is 7. The molecule has 2 aromatic heterocycles. The van der Waals surface area contributed by atoms with Gasteiger partial charge in [0, 0.05) is 36.7 Å². The molecule has 0 amide bonds. The Morgan fingerprint density at radius 2 is 1.67 bits per heavy atom. The molecule has 0 fully saturated rings. The van der Waals surface area contributed by atoms with Crippen molar-refractivity contribution < 1.29 is 37.0 Å². The topological polar surface area (TPSA) is 139 Å². The molecule has 174 valence electrons. The molecule has 0 saturated carbocycles. The van der Waals surface area contributed by atoms with E-state index in [1.165, 1.54) is 30.5 Å². The molecule has 0 aliphatic heterocycles. The normalized spacial score (nSPS) is 11.1. The Hall–Kier alpha value is -3.90. The van der Waals surface area contributed by atoms with E-state index >= 15 is 0 Å². The first-order chi connectivity index (χ1) is 15.6. The van der Waals surface area contributed by atoms with Gasteiger partial charge in [0.05, 0.1) is 10.5 Å². The molecule has 0 radical (unpaired) electrons. The zero-order valence-electron chi connectivity index (χ0n) is 17.1. The number of aromatic nitrogens is 2. The number of carboxylic acid groups (broad SMARTS) is 2. The van der Waals surface area contributed by atoms with E-state index in [4.69, 9.17) is 10.2 Å². The van der Waals surface area contributed by atoms with Crippen molar-refractivity contribution in [3.05, 3.63) is 84.3 Å². The quantitative estimate of drug-likeness (QED) is 0.347. The van der Waals surface area contributed by atoms with Crippen LogP contribution in [0.4, 0.5) is 8.78 Å². The van der Waals surface area contributed by atoms with Crippen LogP contribution in [0.25, 0.3) is 11.3 Å². The summed E-state index contributed by atoms with van der Waals surface area (Å²) in [4.78, 5) is 22.6. The molecular formula is C21H19F2N3O6S. The van der Waals surface area contributed by atoms with Crippen molar-refractivity contribution in [1.82, 2.24) is 14.3 Å². The van der Waals surface area contributed by atoms with E-state index in [2.05, 4.69) is 10.3 Å². The highest BCUT2D eigenvalue weighted by Crippen LogP contribution is 2.31. The lowest BCUT2D eigenvalue weighted by atomic mass is 10.2. The number of hydrogen-bond donors (Lipinski definition) is 3. The van der Waals surface area contributed by atoms with Crippen molar-refractivity contribution in [2.45, 2.75) is 11.4 Å². The van der Waals surface area contributed by atoms with Crippen molar-refractivity contribution in [2.75, 3.05) is 7.05 Å². The fourth-order valence-electron chi connectivity index (χ4n) is 2.66. The van der Waals surface area contributed by atoms with Crippen molar-refractivity contribution in [1.29, 1.82) is 0 Å². The summed E-state index contributed by atoms with van der Waals surface area (Å²) < 4.78 is 55.6. The van der Waals surface area contributed by atoms with Crippen LogP contribution >= 0.6 is 0 Å². The molecule has 2 heterocycles.